The smallest absolute Gasteiger partial charge is 0.273 e. The van der Waals surface area contributed by atoms with Gasteiger partial charge in [-0.15, -0.1) is 0 Å². The fourth-order valence-corrected chi connectivity index (χ4v) is 2.54. The topological polar surface area (TPSA) is 92.9 Å². The number of hydrogen-bond acceptors (Lipinski definition) is 5. The molecule has 1 aromatic rings. The molecule has 1 aromatic heterocycles. The number of nitrogen functional groups attached to an aromatic ring is 1. The van der Waals surface area contributed by atoms with Gasteiger partial charge in [-0.2, -0.15) is 0 Å². The van der Waals surface area contributed by atoms with Gasteiger partial charge >= 0.3 is 0 Å². The predicted octanol–water partition coefficient (Wildman–Crippen LogP) is 1.10. The van der Waals surface area contributed by atoms with E-state index in [0.29, 0.717) is 12.6 Å². The molecule has 1 amide bonds. The Morgan fingerprint density at radius 3 is 2.55 bits per heavy atom. The summed E-state index contributed by atoms with van der Waals surface area (Å²) in [5, 5.41) is 6.31. The molecule has 0 aromatic carbocycles. The second kappa shape index (κ2) is 7.79. The number of anilines is 1. The number of hydrogen-bond donors (Lipinski definition) is 3. The molecule has 0 spiro atoms. The van der Waals surface area contributed by atoms with E-state index in [2.05, 4.69) is 20.6 Å². The number of carbonyl (C=O) groups is 1. The molecule has 4 N–H and O–H groups in total. The van der Waals surface area contributed by atoms with Crippen LogP contribution in [0.4, 0.5) is 5.82 Å². The maximum absolute atomic E-state index is 11.9. The maximum Gasteiger partial charge on any atom is 0.273 e. The van der Waals surface area contributed by atoms with E-state index in [0.717, 1.165) is 6.54 Å². The lowest BCUT2D eigenvalue weighted by Crippen LogP contribution is -2.37. The van der Waals surface area contributed by atoms with Crippen LogP contribution in [-0.2, 0) is 0 Å². The van der Waals surface area contributed by atoms with E-state index in [-0.39, 0.29) is 17.4 Å². The largest absolute Gasteiger partial charge is 0.382 e. The zero-order chi connectivity index (χ0) is 14.2. The number of rotatable bonds is 5. The third-order valence-electron chi connectivity index (χ3n) is 3.64. The minimum atomic E-state index is -0.265. The van der Waals surface area contributed by atoms with Crippen LogP contribution in [0.25, 0.3) is 0 Å². The summed E-state index contributed by atoms with van der Waals surface area (Å²) in [5.41, 5.74) is 5.81. The SMILES string of the molecule is Nc1nccnc1C(=O)NCCNC1CCCCCC1. The van der Waals surface area contributed by atoms with Crippen molar-refractivity contribution in [1.29, 1.82) is 0 Å². The van der Waals surface area contributed by atoms with E-state index in [9.17, 15) is 4.79 Å². The van der Waals surface area contributed by atoms with Gasteiger partial charge in [-0.3, -0.25) is 4.79 Å². The summed E-state index contributed by atoms with van der Waals surface area (Å²) < 4.78 is 0. The van der Waals surface area contributed by atoms with E-state index in [4.69, 9.17) is 5.73 Å². The molecule has 0 bridgehead atoms. The second-order valence-electron chi connectivity index (χ2n) is 5.19. The molecular weight excluding hydrogens is 254 g/mol. The fraction of sp³-hybridized carbons (Fsp3) is 0.643. The fourth-order valence-electron chi connectivity index (χ4n) is 2.54. The van der Waals surface area contributed by atoms with E-state index >= 15 is 0 Å². The molecule has 1 saturated carbocycles. The van der Waals surface area contributed by atoms with Crippen molar-refractivity contribution in [2.45, 2.75) is 44.6 Å². The molecule has 1 aliphatic carbocycles. The van der Waals surface area contributed by atoms with Crippen LogP contribution < -0.4 is 16.4 Å². The van der Waals surface area contributed by atoms with Crippen LogP contribution >= 0.6 is 0 Å². The molecule has 110 valence electrons. The van der Waals surface area contributed by atoms with E-state index < -0.39 is 0 Å². The summed E-state index contributed by atoms with van der Waals surface area (Å²) in [6.45, 7) is 1.35. The minimum absolute atomic E-state index is 0.168. The first-order valence-corrected chi connectivity index (χ1v) is 7.35. The zero-order valence-corrected chi connectivity index (χ0v) is 11.8. The Balaban J connectivity index is 1.68. The number of carbonyl (C=O) groups excluding carboxylic acids is 1. The van der Waals surface area contributed by atoms with Crippen molar-refractivity contribution < 1.29 is 4.79 Å². The van der Waals surface area contributed by atoms with Gasteiger partial charge in [0, 0.05) is 31.5 Å². The van der Waals surface area contributed by atoms with E-state index in [1.54, 1.807) is 0 Å². The standard InChI is InChI=1S/C14H23N5O/c15-13-12(17-8-9-18-13)14(20)19-10-7-16-11-5-3-1-2-4-6-11/h8-9,11,16H,1-7,10H2,(H2,15,18)(H,19,20). The summed E-state index contributed by atoms with van der Waals surface area (Å²) in [5.74, 6) is -0.0972. The van der Waals surface area contributed by atoms with Crippen LogP contribution in [-0.4, -0.2) is 35.0 Å². The van der Waals surface area contributed by atoms with Crippen LogP contribution in [0, 0.1) is 0 Å². The second-order valence-corrected chi connectivity index (χ2v) is 5.19. The van der Waals surface area contributed by atoms with Crippen LogP contribution in [0.2, 0.25) is 0 Å². The quantitative estimate of drug-likeness (QED) is 0.553. The first-order valence-electron chi connectivity index (χ1n) is 7.35. The van der Waals surface area contributed by atoms with E-state index in [1.807, 2.05) is 0 Å². The first-order chi connectivity index (χ1) is 9.77. The molecule has 0 aliphatic heterocycles. The Morgan fingerprint density at radius 2 is 1.85 bits per heavy atom. The number of amides is 1. The van der Waals surface area contributed by atoms with Gasteiger partial charge in [-0.05, 0) is 12.8 Å². The Labute approximate surface area is 119 Å². The van der Waals surface area contributed by atoms with Gasteiger partial charge in [0.05, 0.1) is 0 Å². The third-order valence-corrected chi connectivity index (χ3v) is 3.64. The average Bonchev–Trinajstić information content (AvgIpc) is 2.72. The van der Waals surface area contributed by atoms with Crippen LogP contribution in [0.1, 0.15) is 49.0 Å². The molecule has 6 nitrogen and oxygen atoms in total. The van der Waals surface area contributed by atoms with E-state index in [1.165, 1.54) is 50.9 Å². The summed E-state index contributed by atoms with van der Waals surface area (Å²) in [6.07, 6.45) is 10.7. The molecule has 0 unspecified atom stereocenters. The highest BCUT2D eigenvalue weighted by Crippen LogP contribution is 2.16. The first kappa shape index (κ1) is 14.7. The number of nitrogens with one attached hydrogen (secondary N) is 2. The minimum Gasteiger partial charge on any atom is -0.382 e. The zero-order valence-electron chi connectivity index (χ0n) is 11.8. The average molecular weight is 277 g/mol. The number of nitrogens with two attached hydrogens (primary N) is 1. The molecular formula is C14H23N5O. The summed E-state index contributed by atoms with van der Waals surface area (Å²) >= 11 is 0. The maximum atomic E-state index is 11.9. The molecule has 1 heterocycles. The van der Waals surface area contributed by atoms with Crippen LogP contribution in [0.5, 0.6) is 0 Å². The van der Waals surface area contributed by atoms with Crippen molar-refractivity contribution in [2.24, 2.45) is 0 Å². The molecule has 20 heavy (non-hydrogen) atoms. The van der Waals surface area contributed by atoms with Gasteiger partial charge in [-0.25, -0.2) is 9.97 Å². The van der Waals surface area contributed by atoms with Crippen molar-refractivity contribution in [1.82, 2.24) is 20.6 Å². The lowest BCUT2D eigenvalue weighted by molar-refractivity contribution is 0.0949. The Bertz CT molecular complexity index is 429. The monoisotopic (exact) mass is 277 g/mol. The Hall–Kier alpha value is -1.69. The van der Waals surface area contributed by atoms with Gasteiger partial charge in [-0.1, -0.05) is 25.7 Å². The lowest BCUT2D eigenvalue weighted by Gasteiger charge is -2.16. The van der Waals surface area contributed by atoms with Crippen molar-refractivity contribution in [2.75, 3.05) is 18.8 Å². The molecule has 2 rings (SSSR count). The number of nitrogens with zero attached hydrogens (tertiary/aromatic N) is 2. The van der Waals surface area contributed by atoms with Crippen LogP contribution in [0.3, 0.4) is 0 Å². The molecule has 1 fully saturated rings. The Kier molecular flexibility index (Phi) is 5.73. The molecule has 6 heteroatoms. The van der Waals surface area contributed by atoms with Gasteiger partial charge in [0.15, 0.2) is 11.5 Å². The lowest BCUT2D eigenvalue weighted by atomic mass is 10.1. The molecule has 1 aliphatic rings. The molecule has 0 saturated heterocycles. The Morgan fingerprint density at radius 1 is 1.15 bits per heavy atom. The van der Waals surface area contributed by atoms with Crippen molar-refractivity contribution in [3.05, 3.63) is 18.1 Å². The van der Waals surface area contributed by atoms with Crippen molar-refractivity contribution in [3.8, 4) is 0 Å². The normalized spacial score (nSPS) is 16.6. The highest BCUT2D eigenvalue weighted by molar-refractivity contribution is 5.96. The molecule has 0 atom stereocenters. The van der Waals surface area contributed by atoms with Gasteiger partial charge in [0.1, 0.15) is 0 Å². The van der Waals surface area contributed by atoms with Gasteiger partial charge in [0.2, 0.25) is 0 Å². The predicted molar refractivity (Wildman–Crippen MR) is 78.3 cm³/mol. The summed E-state index contributed by atoms with van der Waals surface area (Å²) in [6, 6.07) is 0.594. The van der Waals surface area contributed by atoms with Crippen molar-refractivity contribution in [3.63, 3.8) is 0 Å². The highest BCUT2D eigenvalue weighted by atomic mass is 16.1. The summed E-state index contributed by atoms with van der Waals surface area (Å²) in [7, 11) is 0. The van der Waals surface area contributed by atoms with Crippen molar-refractivity contribution >= 4 is 11.7 Å². The number of aromatic nitrogens is 2. The van der Waals surface area contributed by atoms with Gasteiger partial charge in [0.25, 0.3) is 5.91 Å². The summed E-state index contributed by atoms with van der Waals surface area (Å²) in [4.78, 5) is 19.6. The molecule has 0 radical (unpaired) electrons. The highest BCUT2D eigenvalue weighted by Gasteiger charge is 2.13. The van der Waals surface area contributed by atoms with Gasteiger partial charge < -0.3 is 16.4 Å². The third kappa shape index (κ3) is 4.45. The van der Waals surface area contributed by atoms with Crippen LogP contribution in [0.15, 0.2) is 12.4 Å².